The van der Waals surface area contributed by atoms with Crippen LogP contribution in [-0.4, -0.2) is 48.4 Å². The van der Waals surface area contributed by atoms with Crippen molar-refractivity contribution in [1.82, 2.24) is 4.90 Å². The van der Waals surface area contributed by atoms with E-state index in [1.54, 1.807) is 36.1 Å². The lowest BCUT2D eigenvalue weighted by Crippen LogP contribution is -2.46. The van der Waals surface area contributed by atoms with Gasteiger partial charge < -0.3 is 9.64 Å². The average Bonchev–Trinajstić information content (AvgIpc) is 2.98. The van der Waals surface area contributed by atoms with E-state index in [0.717, 1.165) is 6.42 Å². The molecule has 1 aromatic rings. The second kappa shape index (κ2) is 5.79. The van der Waals surface area contributed by atoms with E-state index in [2.05, 4.69) is 0 Å². The molecule has 3 rings (SSSR count). The van der Waals surface area contributed by atoms with Gasteiger partial charge in [0, 0.05) is 6.54 Å². The van der Waals surface area contributed by atoms with Crippen molar-refractivity contribution in [2.45, 2.75) is 25.8 Å². The van der Waals surface area contributed by atoms with E-state index < -0.39 is 12.0 Å². The van der Waals surface area contributed by atoms with Gasteiger partial charge in [-0.05, 0) is 31.9 Å². The van der Waals surface area contributed by atoms with Crippen molar-refractivity contribution >= 4 is 23.5 Å². The molecular weight excluding hydrogens is 284 g/mol. The van der Waals surface area contributed by atoms with Crippen LogP contribution < -0.4 is 4.90 Å². The van der Waals surface area contributed by atoms with Crippen LogP contribution in [0.2, 0.25) is 0 Å². The first-order valence-electron chi connectivity index (χ1n) is 7.50. The molecule has 6 heteroatoms. The van der Waals surface area contributed by atoms with Gasteiger partial charge in [-0.3, -0.25) is 19.3 Å². The van der Waals surface area contributed by atoms with Crippen LogP contribution in [0.4, 0.5) is 5.69 Å². The standard InChI is InChI=1S/C16H18N2O4/c1-2-22-14(19)10-18-12-7-4-3-6-11(12)15(20)17-9-5-8-13(17)16(18)21/h3-4,6-7,13H,2,5,8-10H2,1H3/t13-/m0/s1. The number of esters is 1. The first kappa shape index (κ1) is 14.6. The molecule has 0 unspecified atom stereocenters. The summed E-state index contributed by atoms with van der Waals surface area (Å²) in [4.78, 5) is 40.3. The van der Waals surface area contributed by atoms with Crippen LogP contribution in [0.15, 0.2) is 24.3 Å². The summed E-state index contributed by atoms with van der Waals surface area (Å²) in [7, 11) is 0. The zero-order valence-electron chi connectivity index (χ0n) is 12.4. The summed E-state index contributed by atoms with van der Waals surface area (Å²) in [5.41, 5.74) is 0.949. The second-order valence-electron chi connectivity index (χ2n) is 5.40. The van der Waals surface area contributed by atoms with Crippen LogP contribution in [0.1, 0.15) is 30.1 Å². The molecule has 0 spiro atoms. The molecule has 1 aromatic carbocycles. The van der Waals surface area contributed by atoms with Crippen molar-refractivity contribution < 1.29 is 19.1 Å². The Labute approximate surface area is 128 Å². The number of fused-ring (bicyclic) bond motifs is 2. The summed E-state index contributed by atoms with van der Waals surface area (Å²) in [6.45, 7) is 2.40. The molecule has 2 amide bonds. The molecule has 0 N–H and O–H groups in total. The lowest BCUT2D eigenvalue weighted by Gasteiger charge is -2.25. The first-order valence-corrected chi connectivity index (χ1v) is 7.50. The Morgan fingerprint density at radius 2 is 2.09 bits per heavy atom. The van der Waals surface area contributed by atoms with Crippen molar-refractivity contribution in [1.29, 1.82) is 0 Å². The fourth-order valence-electron chi connectivity index (χ4n) is 3.11. The fraction of sp³-hybridized carbons (Fsp3) is 0.438. The molecule has 1 saturated heterocycles. The third kappa shape index (κ3) is 2.34. The van der Waals surface area contributed by atoms with Crippen molar-refractivity contribution in [2.75, 3.05) is 24.6 Å². The summed E-state index contributed by atoms with van der Waals surface area (Å²) in [6, 6.07) is 6.44. The quantitative estimate of drug-likeness (QED) is 0.787. The van der Waals surface area contributed by atoms with Crippen LogP contribution in [0, 0.1) is 0 Å². The van der Waals surface area contributed by atoms with Gasteiger partial charge in [0.05, 0.1) is 17.9 Å². The van der Waals surface area contributed by atoms with E-state index in [0.29, 0.717) is 24.2 Å². The van der Waals surface area contributed by atoms with Gasteiger partial charge in [-0.2, -0.15) is 0 Å². The Balaban J connectivity index is 2.02. The molecule has 0 saturated carbocycles. The number of ether oxygens (including phenoxy) is 1. The highest BCUT2D eigenvalue weighted by molar-refractivity contribution is 6.12. The number of carbonyl (C=O) groups excluding carboxylic acids is 3. The average molecular weight is 302 g/mol. The molecule has 1 fully saturated rings. The van der Waals surface area contributed by atoms with Crippen LogP contribution in [0.3, 0.4) is 0 Å². The van der Waals surface area contributed by atoms with Crippen LogP contribution in [-0.2, 0) is 14.3 Å². The number of nitrogens with zero attached hydrogens (tertiary/aromatic N) is 2. The highest BCUT2D eigenvalue weighted by atomic mass is 16.5. The van der Waals surface area contributed by atoms with Gasteiger partial charge in [0.2, 0.25) is 5.91 Å². The second-order valence-corrected chi connectivity index (χ2v) is 5.40. The van der Waals surface area contributed by atoms with Gasteiger partial charge in [-0.25, -0.2) is 0 Å². The zero-order valence-corrected chi connectivity index (χ0v) is 12.4. The molecule has 0 bridgehead atoms. The number of amides is 2. The minimum Gasteiger partial charge on any atom is -0.465 e. The van der Waals surface area contributed by atoms with Crippen molar-refractivity contribution in [3.05, 3.63) is 29.8 Å². The maximum absolute atomic E-state index is 12.8. The number of rotatable bonds is 3. The van der Waals surface area contributed by atoms with Gasteiger partial charge in [0.25, 0.3) is 5.91 Å². The van der Waals surface area contributed by atoms with E-state index in [9.17, 15) is 14.4 Å². The molecule has 0 aliphatic carbocycles. The van der Waals surface area contributed by atoms with Crippen molar-refractivity contribution in [2.24, 2.45) is 0 Å². The van der Waals surface area contributed by atoms with Gasteiger partial charge in [-0.15, -0.1) is 0 Å². The number of hydrogen-bond acceptors (Lipinski definition) is 4. The minimum atomic E-state index is -0.477. The Bertz CT molecular complexity index is 628. The molecule has 1 atom stereocenters. The third-order valence-electron chi connectivity index (χ3n) is 4.08. The van der Waals surface area contributed by atoms with Crippen LogP contribution in [0.25, 0.3) is 0 Å². The maximum atomic E-state index is 12.8. The summed E-state index contributed by atoms with van der Waals surface area (Å²) < 4.78 is 4.96. The van der Waals surface area contributed by atoms with E-state index >= 15 is 0 Å². The number of anilines is 1. The van der Waals surface area contributed by atoms with Gasteiger partial charge in [0.1, 0.15) is 12.6 Å². The molecule has 2 aliphatic heterocycles. The highest BCUT2D eigenvalue weighted by Gasteiger charge is 2.42. The molecule has 2 heterocycles. The summed E-state index contributed by atoms with van der Waals surface area (Å²) in [5, 5.41) is 0. The lowest BCUT2D eigenvalue weighted by molar-refractivity contribution is -0.142. The predicted octanol–water partition coefficient (Wildman–Crippen LogP) is 1.20. The molecule has 0 aromatic heterocycles. The Kier molecular flexibility index (Phi) is 3.83. The molecule has 6 nitrogen and oxygen atoms in total. The summed E-state index contributed by atoms with van der Waals surface area (Å²) in [5.74, 6) is -0.814. The fourth-order valence-corrected chi connectivity index (χ4v) is 3.11. The molecule has 2 aliphatic rings. The topological polar surface area (TPSA) is 66.9 Å². The van der Waals surface area contributed by atoms with Gasteiger partial charge in [0.15, 0.2) is 0 Å². The van der Waals surface area contributed by atoms with E-state index in [1.807, 2.05) is 0 Å². The van der Waals surface area contributed by atoms with E-state index in [-0.39, 0.29) is 25.0 Å². The van der Waals surface area contributed by atoms with Crippen molar-refractivity contribution in [3.8, 4) is 0 Å². The van der Waals surface area contributed by atoms with E-state index in [1.165, 1.54) is 4.90 Å². The Hall–Kier alpha value is -2.37. The number of para-hydroxylation sites is 1. The normalized spacial score (nSPS) is 20.5. The molecule has 116 valence electrons. The number of hydrogen-bond donors (Lipinski definition) is 0. The SMILES string of the molecule is CCOC(=O)CN1C(=O)[C@@H]2CCCN2C(=O)c2ccccc21. The Morgan fingerprint density at radius 1 is 1.32 bits per heavy atom. The monoisotopic (exact) mass is 302 g/mol. The minimum absolute atomic E-state index is 0.141. The molecular formula is C16H18N2O4. The predicted molar refractivity (Wildman–Crippen MR) is 79.5 cm³/mol. The smallest absolute Gasteiger partial charge is 0.326 e. The van der Waals surface area contributed by atoms with Crippen molar-refractivity contribution in [3.63, 3.8) is 0 Å². The van der Waals surface area contributed by atoms with Gasteiger partial charge >= 0.3 is 5.97 Å². The summed E-state index contributed by atoms with van der Waals surface area (Å²) >= 11 is 0. The first-order chi connectivity index (χ1) is 10.6. The highest BCUT2D eigenvalue weighted by Crippen LogP contribution is 2.32. The number of benzene rings is 1. The maximum Gasteiger partial charge on any atom is 0.326 e. The van der Waals surface area contributed by atoms with E-state index in [4.69, 9.17) is 4.74 Å². The third-order valence-corrected chi connectivity index (χ3v) is 4.08. The molecule has 22 heavy (non-hydrogen) atoms. The number of carbonyl (C=O) groups is 3. The zero-order chi connectivity index (χ0) is 15.7. The molecule has 0 radical (unpaired) electrons. The summed E-state index contributed by atoms with van der Waals surface area (Å²) in [6.07, 6.45) is 1.44. The largest absolute Gasteiger partial charge is 0.465 e. The Morgan fingerprint density at radius 3 is 2.86 bits per heavy atom. The van der Waals surface area contributed by atoms with Gasteiger partial charge in [-0.1, -0.05) is 12.1 Å². The van der Waals surface area contributed by atoms with Crippen LogP contribution >= 0.6 is 0 Å². The lowest BCUT2D eigenvalue weighted by atomic mass is 10.1. The van der Waals surface area contributed by atoms with Crippen LogP contribution in [0.5, 0.6) is 0 Å².